The van der Waals surface area contributed by atoms with Gasteiger partial charge in [-0.25, -0.2) is 0 Å². The first kappa shape index (κ1) is 25.2. The molecule has 0 radical (unpaired) electrons. The second kappa shape index (κ2) is 9.69. The molecule has 2 heteroatoms. The zero-order valence-corrected chi connectivity index (χ0v) is 24.9. The van der Waals surface area contributed by atoms with Gasteiger partial charge >= 0.3 is 0 Å². The van der Waals surface area contributed by atoms with E-state index in [0.717, 1.165) is 27.5 Å². The molecule has 0 bridgehead atoms. The van der Waals surface area contributed by atoms with E-state index < -0.39 is 0 Å². The van der Waals surface area contributed by atoms with Gasteiger partial charge in [-0.1, -0.05) is 127 Å². The summed E-state index contributed by atoms with van der Waals surface area (Å²) in [7, 11) is 0. The third-order valence-corrected chi connectivity index (χ3v) is 9.60. The van der Waals surface area contributed by atoms with Crippen LogP contribution >= 0.6 is 0 Å². The van der Waals surface area contributed by atoms with Crippen LogP contribution in [-0.4, -0.2) is 4.98 Å². The van der Waals surface area contributed by atoms with Gasteiger partial charge in [0.15, 0.2) is 0 Å². The highest BCUT2D eigenvalue weighted by Gasteiger charge is 2.16. The Labute approximate surface area is 265 Å². The minimum absolute atomic E-state index is 0.915. The standard InChI is InChI=1S/C44H27NO/c1-3-17-37-33(14-1)34-15-2-4-18-38(34)44-42(37)39-20-9-19-32(43(39)45-44)31-13-8-12-29(25-31)27-10-7-11-28(24-27)30-22-23-36-35-16-5-6-21-40(35)46-41(36)26-30/h1-26,45H. The van der Waals surface area contributed by atoms with Crippen LogP contribution in [0.2, 0.25) is 0 Å². The molecule has 8 aromatic carbocycles. The fraction of sp³-hybridized carbons (Fsp3) is 0. The number of fused-ring (bicyclic) bond motifs is 11. The number of hydrogen-bond donors (Lipinski definition) is 1. The fourth-order valence-corrected chi connectivity index (χ4v) is 7.46. The van der Waals surface area contributed by atoms with Crippen molar-refractivity contribution in [3.8, 4) is 33.4 Å². The lowest BCUT2D eigenvalue weighted by atomic mass is 9.94. The molecule has 0 fully saturated rings. The van der Waals surface area contributed by atoms with E-state index in [-0.39, 0.29) is 0 Å². The third-order valence-electron chi connectivity index (χ3n) is 9.60. The maximum absolute atomic E-state index is 6.20. The first-order valence-corrected chi connectivity index (χ1v) is 15.8. The Morgan fingerprint density at radius 1 is 0.326 bits per heavy atom. The van der Waals surface area contributed by atoms with Gasteiger partial charge in [-0.15, -0.1) is 0 Å². The van der Waals surface area contributed by atoms with Crippen LogP contribution in [0.1, 0.15) is 0 Å². The zero-order chi connectivity index (χ0) is 30.2. The van der Waals surface area contributed by atoms with Crippen molar-refractivity contribution in [3.63, 3.8) is 0 Å². The molecule has 2 nitrogen and oxygen atoms in total. The highest BCUT2D eigenvalue weighted by atomic mass is 16.3. The van der Waals surface area contributed by atoms with Gasteiger partial charge in [0.2, 0.25) is 0 Å². The Morgan fingerprint density at radius 3 is 1.65 bits per heavy atom. The van der Waals surface area contributed by atoms with Crippen molar-refractivity contribution in [2.24, 2.45) is 0 Å². The van der Waals surface area contributed by atoms with Crippen molar-refractivity contribution in [2.75, 3.05) is 0 Å². The molecule has 0 aliphatic heterocycles. The van der Waals surface area contributed by atoms with E-state index in [2.05, 4.69) is 151 Å². The third kappa shape index (κ3) is 3.71. The van der Waals surface area contributed by atoms with Gasteiger partial charge in [0.1, 0.15) is 11.2 Å². The first-order chi connectivity index (χ1) is 22.8. The lowest BCUT2D eigenvalue weighted by molar-refractivity contribution is 0.669. The van der Waals surface area contributed by atoms with Gasteiger partial charge in [0, 0.05) is 32.5 Å². The van der Waals surface area contributed by atoms with Gasteiger partial charge < -0.3 is 9.40 Å². The van der Waals surface area contributed by atoms with E-state index in [0.29, 0.717) is 0 Å². The smallest absolute Gasteiger partial charge is 0.136 e. The van der Waals surface area contributed by atoms with Crippen LogP contribution in [0.4, 0.5) is 0 Å². The Balaban J connectivity index is 1.11. The molecular weight excluding hydrogens is 558 g/mol. The molecule has 214 valence electrons. The SMILES string of the molecule is c1cc(-c2cccc(-c3cccc4c3[nH]c3c5ccccc5c5ccccc5c43)c2)cc(-c2ccc3c(c2)oc2ccccc23)c1. The number of benzene rings is 8. The van der Waals surface area contributed by atoms with E-state index in [1.54, 1.807) is 0 Å². The van der Waals surface area contributed by atoms with Crippen molar-refractivity contribution in [1.29, 1.82) is 0 Å². The molecule has 0 aliphatic carbocycles. The molecule has 0 spiro atoms. The van der Waals surface area contributed by atoms with Crippen molar-refractivity contribution in [2.45, 2.75) is 0 Å². The summed E-state index contributed by atoms with van der Waals surface area (Å²) in [5.41, 5.74) is 11.3. The quantitative estimate of drug-likeness (QED) is 0.205. The normalized spacial score (nSPS) is 11.9. The molecule has 0 amide bonds. The topological polar surface area (TPSA) is 28.9 Å². The maximum atomic E-state index is 6.20. The summed E-state index contributed by atoms with van der Waals surface area (Å²) in [4.78, 5) is 3.89. The Kier molecular flexibility index (Phi) is 5.31. The van der Waals surface area contributed by atoms with Gasteiger partial charge in [-0.2, -0.15) is 0 Å². The molecule has 46 heavy (non-hydrogen) atoms. The molecule has 0 aliphatic rings. The Hall–Kier alpha value is -6.12. The van der Waals surface area contributed by atoms with Crippen LogP contribution in [0.3, 0.4) is 0 Å². The Morgan fingerprint density at radius 2 is 0.870 bits per heavy atom. The summed E-state index contributed by atoms with van der Waals surface area (Å²) in [6, 6.07) is 56.7. The van der Waals surface area contributed by atoms with Crippen molar-refractivity contribution >= 4 is 65.3 Å². The largest absolute Gasteiger partial charge is 0.456 e. The van der Waals surface area contributed by atoms with E-state index in [1.807, 2.05) is 12.1 Å². The lowest BCUT2D eigenvalue weighted by Gasteiger charge is -2.09. The predicted octanol–water partition coefficient (Wildman–Crippen LogP) is 12.5. The van der Waals surface area contributed by atoms with Crippen molar-refractivity contribution < 1.29 is 4.42 Å². The molecular formula is C44H27NO. The summed E-state index contributed by atoms with van der Waals surface area (Å²) >= 11 is 0. The number of hydrogen-bond acceptors (Lipinski definition) is 1. The first-order valence-electron chi connectivity index (χ1n) is 15.8. The summed E-state index contributed by atoms with van der Waals surface area (Å²) in [5, 5.41) is 9.95. The zero-order valence-electron chi connectivity index (χ0n) is 24.9. The van der Waals surface area contributed by atoms with Crippen LogP contribution in [0.15, 0.2) is 162 Å². The number of nitrogens with one attached hydrogen (secondary N) is 1. The number of aromatic nitrogens is 1. The second-order valence-corrected chi connectivity index (χ2v) is 12.2. The van der Waals surface area contributed by atoms with Gasteiger partial charge in [-0.05, 0) is 74.3 Å². The van der Waals surface area contributed by atoms with Gasteiger partial charge in [0.05, 0.1) is 11.0 Å². The Bertz CT molecular complexity index is 2810. The van der Waals surface area contributed by atoms with Crippen molar-refractivity contribution in [1.82, 2.24) is 4.98 Å². The molecule has 10 rings (SSSR count). The highest BCUT2D eigenvalue weighted by molar-refractivity contribution is 6.32. The van der Waals surface area contributed by atoms with Crippen LogP contribution in [0.5, 0.6) is 0 Å². The molecule has 0 unspecified atom stereocenters. The number of furan rings is 1. The summed E-state index contributed by atoms with van der Waals surface area (Å²) in [6.07, 6.45) is 0. The maximum Gasteiger partial charge on any atom is 0.136 e. The van der Waals surface area contributed by atoms with Crippen LogP contribution in [0.25, 0.3) is 98.7 Å². The molecule has 0 atom stereocenters. The molecule has 0 saturated heterocycles. The number of para-hydroxylation sites is 2. The fourth-order valence-electron chi connectivity index (χ4n) is 7.46. The lowest BCUT2D eigenvalue weighted by Crippen LogP contribution is -1.85. The van der Waals surface area contributed by atoms with Crippen LogP contribution in [-0.2, 0) is 0 Å². The van der Waals surface area contributed by atoms with Gasteiger partial charge in [-0.3, -0.25) is 0 Å². The molecule has 1 N–H and O–H groups in total. The summed E-state index contributed by atoms with van der Waals surface area (Å²) in [5.74, 6) is 0. The summed E-state index contributed by atoms with van der Waals surface area (Å²) in [6.45, 7) is 0. The van der Waals surface area contributed by atoms with Crippen molar-refractivity contribution in [3.05, 3.63) is 158 Å². The average Bonchev–Trinajstić information content (AvgIpc) is 3.71. The second-order valence-electron chi connectivity index (χ2n) is 12.2. The highest BCUT2D eigenvalue weighted by Crippen LogP contribution is 2.42. The van der Waals surface area contributed by atoms with E-state index in [1.165, 1.54) is 71.2 Å². The number of H-pyrrole nitrogens is 1. The van der Waals surface area contributed by atoms with E-state index in [4.69, 9.17) is 4.42 Å². The minimum Gasteiger partial charge on any atom is -0.456 e. The minimum atomic E-state index is 0.915. The number of aromatic amines is 1. The van der Waals surface area contributed by atoms with E-state index in [9.17, 15) is 0 Å². The van der Waals surface area contributed by atoms with Gasteiger partial charge in [0.25, 0.3) is 0 Å². The molecule has 0 saturated carbocycles. The molecule has 2 heterocycles. The monoisotopic (exact) mass is 585 g/mol. The van der Waals surface area contributed by atoms with Crippen LogP contribution < -0.4 is 0 Å². The van der Waals surface area contributed by atoms with Crippen LogP contribution in [0, 0.1) is 0 Å². The van der Waals surface area contributed by atoms with E-state index >= 15 is 0 Å². The predicted molar refractivity (Wildman–Crippen MR) is 194 cm³/mol. The average molecular weight is 586 g/mol. The molecule has 10 aromatic rings. The summed E-state index contributed by atoms with van der Waals surface area (Å²) < 4.78 is 6.20. The number of rotatable bonds is 3. The molecule has 2 aromatic heterocycles.